The van der Waals surface area contributed by atoms with Gasteiger partial charge in [-0.3, -0.25) is 19.3 Å². The van der Waals surface area contributed by atoms with E-state index in [2.05, 4.69) is 0 Å². The maximum Gasteiger partial charge on any atom is 0.265 e. The molecular formula is C13H13NO5. The molecule has 0 radical (unpaired) electrons. The molecular weight excluding hydrogens is 250 g/mol. The van der Waals surface area contributed by atoms with Gasteiger partial charge in [0.2, 0.25) is 0 Å². The fourth-order valence-corrected chi connectivity index (χ4v) is 1.92. The van der Waals surface area contributed by atoms with Gasteiger partial charge in [0.1, 0.15) is 12.1 Å². The van der Waals surface area contributed by atoms with Crippen molar-refractivity contribution < 1.29 is 23.9 Å². The summed E-state index contributed by atoms with van der Waals surface area (Å²) in [5.41, 5.74) is 0.732. The average Bonchev–Trinajstić information content (AvgIpc) is 2.40. The van der Waals surface area contributed by atoms with E-state index in [1.165, 1.54) is 31.1 Å². The summed E-state index contributed by atoms with van der Waals surface area (Å²) < 4.78 is 10.5. The van der Waals surface area contributed by atoms with Crippen LogP contribution in [0.4, 0.5) is 5.69 Å². The molecule has 0 aliphatic carbocycles. The number of fused-ring (bicyclic) bond motifs is 1. The summed E-state index contributed by atoms with van der Waals surface area (Å²) in [6, 6.07) is 3.03. The lowest BCUT2D eigenvalue weighted by Gasteiger charge is -2.29. The molecule has 6 nitrogen and oxygen atoms in total. The predicted molar refractivity (Wildman–Crippen MR) is 66.9 cm³/mol. The minimum atomic E-state index is -0.326. The lowest BCUT2D eigenvalue weighted by atomic mass is 10.1. The Morgan fingerprint density at radius 1 is 1.53 bits per heavy atom. The molecule has 2 rings (SSSR count). The van der Waals surface area contributed by atoms with Gasteiger partial charge in [0.15, 0.2) is 18.1 Å². The van der Waals surface area contributed by atoms with Crippen LogP contribution in [0.25, 0.3) is 0 Å². The molecule has 0 atom stereocenters. The quantitative estimate of drug-likeness (QED) is 0.752. The van der Waals surface area contributed by atoms with Gasteiger partial charge in [0, 0.05) is 5.56 Å². The third-order valence-corrected chi connectivity index (χ3v) is 2.73. The number of ketones is 1. The fraction of sp³-hybridized carbons (Fsp3) is 0.308. The number of methoxy groups -OCH3 is 1. The van der Waals surface area contributed by atoms with Crippen LogP contribution in [0.3, 0.4) is 0 Å². The molecule has 1 amide bonds. The van der Waals surface area contributed by atoms with E-state index in [4.69, 9.17) is 9.47 Å². The summed E-state index contributed by atoms with van der Waals surface area (Å²) in [7, 11) is 1.44. The summed E-state index contributed by atoms with van der Waals surface area (Å²) in [4.78, 5) is 35.3. The highest BCUT2D eigenvalue weighted by molar-refractivity contribution is 6.03. The average molecular weight is 263 g/mol. The van der Waals surface area contributed by atoms with Crippen LogP contribution in [0.2, 0.25) is 0 Å². The van der Waals surface area contributed by atoms with Crippen LogP contribution in [-0.2, 0) is 9.59 Å². The van der Waals surface area contributed by atoms with Gasteiger partial charge in [-0.05, 0) is 19.1 Å². The van der Waals surface area contributed by atoms with Gasteiger partial charge in [-0.1, -0.05) is 0 Å². The Labute approximate surface area is 109 Å². The number of hydrogen-bond acceptors (Lipinski definition) is 5. The number of aldehydes is 1. The highest BCUT2D eigenvalue weighted by atomic mass is 16.5. The zero-order chi connectivity index (χ0) is 14.0. The molecule has 0 bridgehead atoms. The van der Waals surface area contributed by atoms with E-state index in [0.717, 1.165) is 0 Å². The highest BCUT2D eigenvalue weighted by Crippen LogP contribution is 2.41. The van der Waals surface area contributed by atoms with Gasteiger partial charge in [-0.25, -0.2) is 0 Å². The number of rotatable bonds is 4. The van der Waals surface area contributed by atoms with Crippen molar-refractivity contribution in [3.8, 4) is 11.5 Å². The van der Waals surface area contributed by atoms with Crippen LogP contribution in [0.5, 0.6) is 11.5 Å². The second-order valence-electron chi connectivity index (χ2n) is 4.16. The number of carbonyl (C=O) groups excluding carboxylic acids is 3. The zero-order valence-electron chi connectivity index (χ0n) is 10.6. The Bertz CT molecular complexity index is 552. The zero-order valence-corrected chi connectivity index (χ0v) is 10.6. The van der Waals surface area contributed by atoms with Crippen molar-refractivity contribution in [2.45, 2.75) is 6.92 Å². The second kappa shape index (κ2) is 5.09. The molecule has 1 aliphatic rings. The Kier molecular flexibility index (Phi) is 3.50. The van der Waals surface area contributed by atoms with Gasteiger partial charge in [0.05, 0.1) is 19.3 Å². The molecule has 1 aliphatic heterocycles. The van der Waals surface area contributed by atoms with Crippen molar-refractivity contribution in [1.82, 2.24) is 0 Å². The molecule has 100 valence electrons. The van der Waals surface area contributed by atoms with Gasteiger partial charge >= 0.3 is 0 Å². The van der Waals surface area contributed by atoms with E-state index in [1.54, 1.807) is 0 Å². The SMILES string of the molecule is COc1cc(C=O)cc2c1OCC(=O)N2CC(C)=O. The largest absolute Gasteiger partial charge is 0.493 e. The van der Waals surface area contributed by atoms with Crippen molar-refractivity contribution in [3.05, 3.63) is 17.7 Å². The van der Waals surface area contributed by atoms with Crippen LogP contribution in [-0.4, -0.2) is 38.2 Å². The number of ether oxygens (including phenoxy) is 2. The third kappa shape index (κ3) is 2.42. The fourth-order valence-electron chi connectivity index (χ4n) is 1.92. The minimum absolute atomic E-state index is 0.0549. The van der Waals surface area contributed by atoms with E-state index < -0.39 is 0 Å². The van der Waals surface area contributed by atoms with E-state index in [0.29, 0.717) is 29.0 Å². The standard InChI is InChI=1S/C13H13NO5/c1-8(16)5-14-10-3-9(6-15)4-11(18-2)13(10)19-7-12(14)17/h3-4,6H,5,7H2,1-2H3. The van der Waals surface area contributed by atoms with Crippen LogP contribution in [0, 0.1) is 0 Å². The van der Waals surface area contributed by atoms with Gasteiger partial charge in [-0.15, -0.1) is 0 Å². The molecule has 0 unspecified atom stereocenters. The van der Waals surface area contributed by atoms with E-state index in [1.807, 2.05) is 0 Å². The van der Waals surface area contributed by atoms with Crippen molar-refractivity contribution in [1.29, 1.82) is 0 Å². The lowest BCUT2D eigenvalue weighted by Crippen LogP contribution is -2.41. The van der Waals surface area contributed by atoms with Crippen molar-refractivity contribution in [2.24, 2.45) is 0 Å². The van der Waals surface area contributed by atoms with Crippen LogP contribution in [0.15, 0.2) is 12.1 Å². The summed E-state index contributed by atoms with van der Waals surface area (Å²) in [6.07, 6.45) is 0.647. The molecule has 0 spiro atoms. The smallest absolute Gasteiger partial charge is 0.265 e. The Morgan fingerprint density at radius 2 is 2.26 bits per heavy atom. The molecule has 0 aromatic heterocycles. The first-order valence-corrected chi connectivity index (χ1v) is 5.66. The van der Waals surface area contributed by atoms with Crippen LogP contribution < -0.4 is 14.4 Å². The molecule has 1 heterocycles. The minimum Gasteiger partial charge on any atom is -0.493 e. The first-order valence-electron chi connectivity index (χ1n) is 5.66. The number of hydrogen-bond donors (Lipinski definition) is 0. The second-order valence-corrected chi connectivity index (χ2v) is 4.16. The van der Waals surface area contributed by atoms with Crippen molar-refractivity contribution >= 4 is 23.7 Å². The van der Waals surface area contributed by atoms with Crippen molar-refractivity contribution in [2.75, 3.05) is 25.2 Å². The molecule has 19 heavy (non-hydrogen) atoms. The summed E-state index contributed by atoms with van der Waals surface area (Å²) in [5.74, 6) is 0.249. The van der Waals surface area contributed by atoms with Gasteiger partial charge in [0.25, 0.3) is 5.91 Å². The topological polar surface area (TPSA) is 72.9 Å². The monoisotopic (exact) mass is 263 g/mol. The number of anilines is 1. The molecule has 1 aromatic carbocycles. The molecule has 0 N–H and O–H groups in total. The maximum atomic E-state index is 11.8. The van der Waals surface area contributed by atoms with E-state index in [9.17, 15) is 14.4 Å². The molecule has 6 heteroatoms. The number of amides is 1. The van der Waals surface area contributed by atoms with E-state index in [-0.39, 0.29) is 24.8 Å². The third-order valence-electron chi connectivity index (χ3n) is 2.73. The number of carbonyl (C=O) groups is 3. The van der Waals surface area contributed by atoms with Gasteiger partial charge in [-0.2, -0.15) is 0 Å². The number of benzene rings is 1. The van der Waals surface area contributed by atoms with Gasteiger partial charge < -0.3 is 9.47 Å². The lowest BCUT2D eigenvalue weighted by molar-refractivity contribution is -0.123. The Morgan fingerprint density at radius 3 is 2.84 bits per heavy atom. The first kappa shape index (κ1) is 13.1. The molecule has 0 fully saturated rings. The Balaban J connectivity index is 2.56. The summed E-state index contributed by atoms with van der Waals surface area (Å²) >= 11 is 0. The highest BCUT2D eigenvalue weighted by Gasteiger charge is 2.29. The van der Waals surface area contributed by atoms with Crippen molar-refractivity contribution in [3.63, 3.8) is 0 Å². The molecule has 0 saturated carbocycles. The van der Waals surface area contributed by atoms with E-state index >= 15 is 0 Å². The summed E-state index contributed by atoms with van der Waals surface area (Å²) in [6.45, 7) is 1.18. The first-order chi connectivity index (χ1) is 9.06. The Hall–Kier alpha value is -2.37. The number of Topliss-reactive ketones (excluding diaryl/α,β-unsaturated/α-hetero) is 1. The normalized spacial score (nSPS) is 13.6. The molecule has 1 aromatic rings. The van der Waals surface area contributed by atoms with Crippen LogP contribution in [0.1, 0.15) is 17.3 Å². The maximum absolute atomic E-state index is 11.8. The van der Waals surface area contributed by atoms with Crippen LogP contribution >= 0.6 is 0 Å². The molecule has 0 saturated heterocycles. The predicted octanol–water partition coefficient (Wildman–Crippen LogP) is 0.822. The number of nitrogens with zero attached hydrogens (tertiary/aromatic N) is 1. The summed E-state index contributed by atoms with van der Waals surface area (Å²) in [5, 5.41) is 0.